The molecule has 2 atom stereocenters. The Kier molecular flexibility index (Phi) is 5.68. The Morgan fingerprint density at radius 3 is 3.00 bits per heavy atom. The van der Waals surface area contributed by atoms with Crippen molar-refractivity contribution < 1.29 is 14.2 Å². The van der Waals surface area contributed by atoms with Gasteiger partial charge in [0.25, 0.3) is 0 Å². The fourth-order valence-electron chi connectivity index (χ4n) is 2.77. The van der Waals surface area contributed by atoms with Crippen LogP contribution in [0.3, 0.4) is 0 Å². The Balaban J connectivity index is 1.51. The highest BCUT2D eigenvalue weighted by atomic mass is 19.1. The van der Waals surface area contributed by atoms with Gasteiger partial charge in [-0.1, -0.05) is 18.2 Å². The molecule has 0 radical (unpaired) electrons. The zero-order valence-corrected chi connectivity index (χ0v) is 13.3. The molecule has 3 rings (SSSR count). The minimum Gasteiger partial charge on any atom is -0.387 e. The molecule has 1 fully saturated rings. The third kappa shape index (κ3) is 4.47. The maximum absolute atomic E-state index is 13.8. The van der Waals surface area contributed by atoms with Gasteiger partial charge >= 0.3 is 0 Å². The quantitative estimate of drug-likeness (QED) is 0.835. The fraction of sp³-hybridized carbons (Fsp3) is 0.412. The number of β-amino-alcohol motifs (C(OH)–C–C–N with tert-alkyl or cyclic N) is 1. The van der Waals surface area contributed by atoms with Gasteiger partial charge in [0, 0.05) is 37.9 Å². The average Bonchev–Trinajstić information content (AvgIpc) is 2.61. The van der Waals surface area contributed by atoms with Crippen LogP contribution in [-0.2, 0) is 4.74 Å². The summed E-state index contributed by atoms with van der Waals surface area (Å²) in [6, 6.07) is 9.99. The lowest BCUT2D eigenvalue weighted by atomic mass is 10.1. The molecular weight excluding hydrogens is 311 g/mol. The molecular formula is C17H21FN4O2. The number of nitrogens with one attached hydrogen (secondary N) is 1. The van der Waals surface area contributed by atoms with Crippen LogP contribution in [-0.4, -0.2) is 59.1 Å². The highest BCUT2D eigenvalue weighted by Gasteiger charge is 2.23. The summed E-state index contributed by atoms with van der Waals surface area (Å²) in [5.74, 6) is 0.323. The molecule has 1 aliphatic rings. The number of aliphatic hydroxyl groups excluding tert-OH is 1. The van der Waals surface area contributed by atoms with E-state index in [0.717, 1.165) is 0 Å². The minimum absolute atomic E-state index is 0.0198. The van der Waals surface area contributed by atoms with Crippen LogP contribution in [0.15, 0.2) is 42.6 Å². The lowest BCUT2D eigenvalue weighted by Gasteiger charge is -2.34. The zero-order chi connectivity index (χ0) is 16.8. The van der Waals surface area contributed by atoms with Gasteiger partial charge in [-0.3, -0.25) is 4.90 Å². The van der Waals surface area contributed by atoms with Crippen molar-refractivity contribution >= 4 is 5.82 Å². The van der Waals surface area contributed by atoms with Gasteiger partial charge in [-0.25, -0.2) is 4.39 Å². The topological polar surface area (TPSA) is 70.5 Å². The Hall–Kier alpha value is -2.09. The molecule has 1 aromatic heterocycles. The smallest absolute Gasteiger partial charge is 0.148 e. The first-order valence-electron chi connectivity index (χ1n) is 8.00. The van der Waals surface area contributed by atoms with Gasteiger partial charge in [-0.2, -0.15) is 5.10 Å². The van der Waals surface area contributed by atoms with Crippen molar-refractivity contribution in [3.8, 4) is 0 Å². The molecule has 2 heterocycles. The molecule has 0 spiro atoms. The number of aliphatic hydroxyl groups is 1. The number of halogens is 1. The van der Waals surface area contributed by atoms with Crippen LogP contribution in [0.1, 0.15) is 11.7 Å². The summed E-state index contributed by atoms with van der Waals surface area (Å²) in [6.45, 7) is 2.94. The first kappa shape index (κ1) is 16.8. The third-order valence-corrected chi connectivity index (χ3v) is 4.00. The second kappa shape index (κ2) is 8.14. The van der Waals surface area contributed by atoms with Gasteiger partial charge in [-0.15, -0.1) is 5.10 Å². The molecule has 128 valence electrons. The van der Waals surface area contributed by atoms with Crippen LogP contribution >= 0.6 is 0 Å². The lowest BCUT2D eigenvalue weighted by Crippen LogP contribution is -2.46. The highest BCUT2D eigenvalue weighted by Crippen LogP contribution is 2.19. The van der Waals surface area contributed by atoms with Gasteiger partial charge < -0.3 is 15.2 Å². The van der Waals surface area contributed by atoms with Crippen molar-refractivity contribution in [2.24, 2.45) is 0 Å². The Morgan fingerprint density at radius 2 is 2.21 bits per heavy atom. The predicted molar refractivity (Wildman–Crippen MR) is 88.1 cm³/mol. The number of rotatable bonds is 6. The number of aromatic nitrogens is 2. The van der Waals surface area contributed by atoms with E-state index in [-0.39, 0.29) is 11.9 Å². The number of hydrogen-bond donors (Lipinski definition) is 2. The average molecular weight is 332 g/mol. The molecule has 2 aromatic rings. The molecule has 0 saturated carbocycles. The second-order valence-electron chi connectivity index (χ2n) is 5.78. The number of hydrogen-bond acceptors (Lipinski definition) is 6. The van der Waals surface area contributed by atoms with Gasteiger partial charge in [0.15, 0.2) is 0 Å². The summed E-state index contributed by atoms with van der Waals surface area (Å²) >= 11 is 0. The molecule has 2 N–H and O–H groups in total. The van der Waals surface area contributed by atoms with E-state index < -0.39 is 6.10 Å². The van der Waals surface area contributed by atoms with E-state index in [0.29, 0.717) is 44.2 Å². The van der Waals surface area contributed by atoms with E-state index in [1.807, 2.05) is 12.1 Å². The highest BCUT2D eigenvalue weighted by molar-refractivity contribution is 5.31. The van der Waals surface area contributed by atoms with Crippen LogP contribution < -0.4 is 5.32 Å². The van der Waals surface area contributed by atoms with E-state index in [1.165, 1.54) is 6.07 Å². The molecule has 1 aliphatic heterocycles. The van der Waals surface area contributed by atoms with Gasteiger partial charge in [0.05, 0.1) is 18.8 Å². The summed E-state index contributed by atoms with van der Waals surface area (Å²) in [5, 5.41) is 21.3. The lowest BCUT2D eigenvalue weighted by molar-refractivity contribution is -0.0346. The Labute approximate surface area is 140 Å². The second-order valence-corrected chi connectivity index (χ2v) is 5.78. The first-order valence-corrected chi connectivity index (χ1v) is 8.00. The molecule has 24 heavy (non-hydrogen) atoms. The predicted octanol–water partition coefficient (Wildman–Crippen LogP) is 1.46. The van der Waals surface area contributed by atoms with Crippen molar-refractivity contribution in [3.05, 3.63) is 54.0 Å². The molecule has 0 bridgehead atoms. The normalized spacial score (nSPS) is 19.8. The molecule has 6 nitrogen and oxygen atoms in total. The number of benzene rings is 1. The summed E-state index contributed by atoms with van der Waals surface area (Å²) in [7, 11) is 0. The van der Waals surface area contributed by atoms with Crippen LogP contribution in [0.4, 0.5) is 10.2 Å². The molecule has 1 aromatic carbocycles. The number of ether oxygens (including phenoxy) is 1. The van der Waals surface area contributed by atoms with E-state index in [4.69, 9.17) is 4.74 Å². The van der Waals surface area contributed by atoms with E-state index in [2.05, 4.69) is 20.4 Å². The molecule has 0 amide bonds. The van der Waals surface area contributed by atoms with Crippen LogP contribution in [0.5, 0.6) is 0 Å². The number of nitrogens with zero attached hydrogens (tertiary/aromatic N) is 3. The standard InChI is InChI=1S/C17H21FN4O2/c18-15-5-2-1-4-14(15)16(23)12-22-8-9-24-13(11-22)10-19-17-6-3-7-20-21-17/h1-7,13,16,23H,8-12H2,(H,19,21)/t13-,16-/m0/s1. The van der Waals surface area contributed by atoms with Gasteiger partial charge in [-0.05, 0) is 18.2 Å². The van der Waals surface area contributed by atoms with Crippen LogP contribution in [0, 0.1) is 5.82 Å². The first-order chi connectivity index (χ1) is 11.7. The van der Waals surface area contributed by atoms with E-state index in [1.54, 1.807) is 24.4 Å². The van der Waals surface area contributed by atoms with Crippen molar-refractivity contribution in [1.82, 2.24) is 15.1 Å². The number of morpholine rings is 1. The van der Waals surface area contributed by atoms with Crippen molar-refractivity contribution in [2.75, 3.05) is 38.1 Å². The van der Waals surface area contributed by atoms with Gasteiger partial charge in [0.1, 0.15) is 11.6 Å². The summed E-state index contributed by atoms with van der Waals surface area (Å²) in [6.07, 6.45) is 0.750. The molecule has 1 saturated heterocycles. The summed E-state index contributed by atoms with van der Waals surface area (Å²) in [5.41, 5.74) is 0.332. The molecule has 7 heteroatoms. The van der Waals surface area contributed by atoms with Crippen molar-refractivity contribution in [3.63, 3.8) is 0 Å². The van der Waals surface area contributed by atoms with Gasteiger partial charge in [0.2, 0.25) is 0 Å². The van der Waals surface area contributed by atoms with Crippen LogP contribution in [0.25, 0.3) is 0 Å². The zero-order valence-electron chi connectivity index (χ0n) is 13.3. The summed E-state index contributed by atoms with van der Waals surface area (Å²) < 4.78 is 19.5. The minimum atomic E-state index is -0.849. The van der Waals surface area contributed by atoms with E-state index in [9.17, 15) is 9.50 Å². The maximum atomic E-state index is 13.8. The molecule has 0 aliphatic carbocycles. The maximum Gasteiger partial charge on any atom is 0.148 e. The fourth-order valence-corrected chi connectivity index (χ4v) is 2.77. The third-order valence-electron chi connectivity index (χ3n) is 4.00. The molecule has 0 unspecified atom stereocenters. The number of anilines is 1. The SMILES string of the molecule is O[C@@H](CN1CCO[C@@H](CNc2cccnn2)C1)c1ccccc1F. The van der Waals surface area contributed by atoms with Crippen molar-refractivity contribution in [1.29, 1.82) is 0 Å². The van der Waals surface area contributed by atoms with Crippen molar-refractivity contribution in [2.45, 2.75) is 12.2 Å². The largest absolute Gasteiger partial charge is 0.387 e. The monoisotopic (exact) mass is 332 g/mol. The van der Waals surface area contributed by atoms with Crippen LogP contribution in [0.2, 0.25) is 0 Å². The summed E-state index contributed by atoms with van der Waals surface area (Å²) in [4.78, 5) is 2.09. The Bertz CT molecular complexity index is 643. The Morgan fingerprint density at radius 1 is 1.33 bits per heavy atom. The van der Waals surface area contributed by atoms with E-state index >= 15 is 0 Å².